The second-order valence-corrected chi connectivity index (χ2v) is 7.97. The first-order valence-corrected chi connectivity index (χ1v) is 9.00. The van der Waals surface area contributed by atoms with E-state index in [1.165, 1.54) is 26.2 Å². The maximum absolute atomic E-state index is 12.8. The molecule has 2 aliphatic carbocycles. The summed E-state index contributed by atoms with van der Waals surface area (Å²) in [6.07, 6.45) is 6.46. The Morgan fingerprint density at radius 2 is 1.91 bits per heavy atom. The Hall–Kier alpha value is -0.900. The highest BCUT2D eigenvalue weighted by Crippen LogP contribution is 2.59. The van der Waals surface area contributed by atoms with Crippen molar-refractivity contribution in [1.29, 1.82) is 0 Å². The predicted molar refractivity (Wildman–Crippen MR) is 82.2 cm³/mol. The van der Waals surface area contributed by atoms with E-state index in [-0.39, 0.29) is 29.4 Å². The van der Waals surface area contributed by atoms with Crippen LogP contribution in [-0.2, 0) is 14.3 Å². The molecule has 0 N–H and O–H groups in total. The molecule has 0 aromatic heterocycles. The van der Waals surface area contributed by atoms with E-state index in [1.54, 1.807) is 0 Å². The van der Waals surface area contributed by atoms with Crippen LogP contribution in [0.4, 0.5) is 0 Å². The fourth-order valence-corrected chi connectivity index (χ4v) is 6.46. The highest BCUT2D eigenvalue weighted by molar-refractivity contribution is 5.85. The molecule has 22 heavy (non-hydrogen) atoms. The van der Waals surface area contributed by atoms with Crippen molar-refractivity contribution in [3.63, 3.8) is 0 Å². The van der Waals surface area contributed by atoms with Crippen molar-refractivity contribution >= 4 is 11.8 Å². The zero-order valence-electron chi connectivity index (χ0n) is 13.7. The van der Waals surface area contributed by atoms with E-state index in [9.17, 15) is 9.59 Å². The molecule has 4 aliphatic rings. The lowest BCUT2D eigenvalue weighted by molar-refractivity contribution is -0.206. The molecule has 0 unspecified atom stereocenters. The average molecular weight is 305 g/mol. The highest BCUT2D eigenvalue weighted by atomic mass is 16.5. The van der Waals surface area contributed by atoms with Crippen molar-refractivity contribution in [1.82, 2.24) is 4.90 Å². The van der Waals surface area contributed by atoms with E-state index in [1.807, 2.05) is 0 Å². The first kappa shape index (κ1) is 14.7. The van der Waals surface area contributed by atoms with Crippen LogP contribution in [0.2, 0.25) is 0 Å². The molecule has 2 saturated carbocycles. The number of hydrogen-bond acceptors (Lipinski definition) is 4. The third-order valence-corrected chi connectivity index (χ3v) is 6.98. The van der Waals surface area contributed by atoms with Gasteiger partial charge < -0.3 is 4.74 Å². The SMILES string of the molecule is CC(=O)O[C@@H]1C[C@@H]2C(=O)[C@H](C)C[C@]34[C@@H]2CCCN3CCC[C@H]14. The molecule has 0 amide bonds. The molecule has 4 rings (SSSR count). The van der Waals surface area contributed by atoms with Crippen LogP contribution in [0.15, 0.2) is 0 Å². The summed E-state index contributed by atoms with van der Waals surface area (Å²) in [5, 5.41) is 0. The summed E-state index contributed by atoms with van der Waals surface area (Å²) in [5.74, 6) is 1.46. The number of piperidine rings is 2. The van der Waals surface area contributed by atoms with Gasteiger partial charge in [0.1, 0.15) is 11.9 Å². The summed E-state index contributed by atoms with van der Waals surface area (Å²) in [7, 11) is 0. The number of carbonyl (C=O) groups excluding carboxylic acids is 2. The van der Waals surface area contributed by atoms with Gasteiger partial charge in [-0.2, -0.15) is 0 Å². The van der Waals surface area contributed by atoms with E-state index in [2.05, 4.69) is 11.8 Å². The minimum Gasteiger partial charge on any atom is -0.462 e. The van der Waals surface area contributed by atoms with Gasteiger partial charge in [-0.3, -0.25) is 14.5 Å². The molecule has 0 aromatic rings. The van der Waals surface area contributed by atoms with Crippen molar-refractivity contribution in [2.45, 2.75) is 64.0 Å². The van der Waals surface area contributed by atoms with Gasteiger partial charge in [0.2, 0.25) is 0 Å². The number of hydrogen-bond donors (Lipinski definition) is 0. The summed E-state index contributed by atoms with van der Waals surface area (Å²) in [6.45, 7) is 5.94. The molecule has 4 fully saturated rings. The van der Waals surface area contributed by atoms with Crippen LogP contribution in [0.5, 0.6) is 0 Å². The topological polar surface area (TPSA) is 46.6 Å². The number of carbonyl (C=O) groups is 2. The second kappa shape index (κ2) is 5.05. The number of esters is 1. The summed E-state index contributed by atoms with van der Waals surface area (Å²) < 4.78 is 5.72. The first-order chi connectivity index (χ1) is 10.5. The highest BCUT2D eigenvalue weighted by Gasteiger charge is 2.65. The lowest BCUT2D eigenvalue weighted by Crippen LogP contribution is -2.73. The number of rotatable bonds is 1. The van der Waals surface area contributed by atoms with Crippen LogP contribution in [0, 0.1) is 23.7 Å². The quantitative estimate of drug-likeness (QED) is 0.698. The number of ketones is 1. The first-order valence-electron chi connectivity index (χ1n) is 9.00. The lowest BCUT2D eigenvalue weighted by Gasteiger charge is -2.67. The Morgan fingerprint density at radius 3 is 2.59 bits per heavy atom. The number of Topliss-reactive ketones (excluding diaryl/α,β-unsaturated/α-hetero) is 1. The molecule has 4 heteroatoms. The van der Waals surface area contributed by atoms with Gasteiger partial charge in [-0.1, -0.05) is 6.92 Å². The van der Waals surface area contributed by atoms with Gasteiger partial charge in [0.05, 0.1) is 0 Å². The molecule has 2 bridgehead atoms. The maximum Gasteiger partial charge on any atom is 0.302 e. The standard InChI is InChI=1S/C18H27NO3/c1-11-10-18-14-5-3-7-19(18)8-4-6-15(18)16(22-12(2)20)9-13(14)17(11)21/h11,13-16H,3-10H2,1-2H3/t11-,13+,14-,15-,16-,18-/m1/s1. The molecule has 0 radical (unpaired) electrons. The zero-order chi connectivity index (χ0) is 15.5. The van der Waals surface area contributed by atoms with Crippen molar-refractivity contribution in [2.75, 3.05) is 13.1 Å². The maximum atomic E-state index is 12.8. The smallest absolute Gasteiger partial charge is 0.302 e. The predicted octanol–water partition coefficient (Wildman–Crippen LogP) is 2.41. The minimum absolute atomic E-state index is 0.0453. The molecule has 122 valence electrons. The normalized spacial score (nSPS) is 47.7. The molecule has 4 nitrogen and oxygen atoms in total. The van der Waals surface area contributed by atoms with Crippen LogP contribution in [-0.4, -0.2) is 41.4 Å². The van der Waals surface area contributed by atoms with E-state index < -0.39 is 0 Å². The van der Waals surface area contributed by atoms with Crippen molar-refractivity contribution in [3.8, 4) is 0 Å². The van der Waals surface area contributed by atoms with Gasteiger partial charge in [0.15, 0.2) is 0 Å². The van der Waals surface area contributed by atoms with Crippen molar-refractivity contribution < 1.29 is 14.3 Å². The van der Waals surface area contributed by atoms with Crippen molar-refractivity contribution in [3.05, 3.63) is 0 Å². The zero-order valence-corrected chi connectivity index (χ0v) is 13.7. The van der Waals surface area contributed by atoms with Crippen LogP contribution in [0.25, 0.3) is 0 Å². The number of ether oxygens (including phenoxy) is 1. The molecule has 2 aliphatic heterocycles. The van der Waals surface area contributed by atoms with Crippen molar-refractivity contribution in [2.24, 2.45) is 23.7 Å². The second-order valence-electron chi connectivity index (χ2n) is 7.97. The molecule has 2 heterocycles. The average Bonchev–Trinajstić information content (AvgIpc) is 2.47. The Balaban J connectivity index is 1.78. The van der Waals surface area contributed by atoms with Gasteiger partial charge in [-0.05, 0) is 57.5 Å². The van der Waals surface area contributed by atoms with Crippen LogP contribution >= 0.6 is 0 Å². The monoisotopic (exact) mass is 305 g/mol. The van der Waals surface area contributed by atoms with Crippen LogP contribution in [0.1, 0.15) is 52.4 Å². The lowest BCUT2D eigenvalue weighted by atomic mass is 9.48. The minimum atomic E-state index is -0.189. The van der Waals surface area contributed by atoms with Crippen LogP contribution < -0.4 is 0 Å². The van der Waals surface area contributed by atoms with Crippen LogP contribution in [0.3, 0.4) is 0 Å². The van der Waals surface area contributed by atoms with Gasteiger partial charge in [0, 0.05) is 30.2 Å². The Labute approximate surface area is 132 Å². The molecule has 0 aromatic carbocycles. The molecule has 2 saturated heterocycles. The third kappa shape index (κ3) is 1.85. The summed E-state index contributed by atoms with van der Waals surface area (Å²) >= 11 is 0. The molecular weight excluding hydrogens is 278 g/mol. The molecular formula is C18H27NO3. The summed E-state index contributed by atoms with van der Waals surface area (Å²) in [6, 6.07) is 0. The Morgan fingerprint density at radius 1 is 1.23 bits per heavy atom. The Kier molecular flexibility index (Phi) is 3.37. The van der Waals surface area contributed by atoms with E-state index in [0.29, 0.717) is 17.6 Å². The van der Waals surface area contributed by atoms with E-state index in [0.717, 1.165) is 32.4 Å². The van der Waals surface area contributed by atoms with E-state index in [4.69, 9.17) is 4.74 Å². The van der Waals surface area contributed by atoms with Gasteiger partial charge in [-0.15, -0.1) is 0 Å². The summed E-state index contributed by atoms with van der Waals surface area (Å²) in [4.78, 5) is 27.0. The summed E-state index contributed by atoms with van der Waals surface area (Å²) in [5.41, 5.74) is 0.132. The molecule has 1 spiro atoms. The van der Waals surface area contributed by atoms with Gasteiger partial charge >= 0.3 is 5.97 Å². The third-order valence-electron chi connectivity index (χ3n) is 6.98. The van der Waals surface area contributed by atoms with Gasteiger partial charge in [-0.25, -0.2) is 0 Å². The largest absolute Gasteiger partial charge is 0.462 e. The Bertz CT molecular complexity index is 503. The molecule has 6 atom stereocenters. The fourth-order valence-electron chi connectivity index (χ4n) is 6.46. The van der Waals surface area contributed by atoms with Gasteiger partial charge in [0.25, 0.3) is 0 Å². The van der Waals surface area contributed by atoms with E-state index >= 15 is 0 Å². The fraction of sp³-hybridized carbons (Fsp3) is 0.889. The number of nitrogens with zero attached hydrogens (tertiary/aromatic N) is 1.